The number of aromatic amines is 1. The minimum Gasteiger partial charge on any atom is -0.326 e. The van der Waals surface area contributed by atoms with E-state index >= 15 is 0 Å². The van der Waals surface area contributed by atoms with Crippen molar-refractivity contribution >= 4 is 11.6 Å². The van der Waals surface area contributed by atoms with E-state index in [4.69, 9.17) is 0 Å². The summed E-state index contributed by atoms with van der Waals surface area (Å²) < 4.78 is 13.1. The van der Waals surface area contributed by atoms with Gasteiger partial charge < -0.3 is 5.32 Å². The van der Waals surface area contributed by atoms with E-state index in [2.05, 4.69) is 15.5 Å². The lowest BCUT2D eigenvalue weighted by atomic mass is 10.1. The van der Waals surface area contributed by atoms with Gasteiger partial charge in [0.1, 0.15) is 5.82 Å². The maximum absolute atomic E-state index is 13.1. The van der Waals surface area contributed by atoms with Crippen LogP contribution in [0.1, 0.15) is 5.56 Å². The Balaban J connectivity index is 1.70. The number of rotatable bonds is 4. The van der Waals surface area contributed by atoms with Gasteiger partial charge in [0.15, 0.2) is 0 Å². The molecule has 1 heterocycles. The Morgan fingerprint density at radius 2 is 2.00 bits per heavy atom. The minimum absolute atomic E-state index is 0.131. The smallest absolute Gasteiger partial charge is 0.228 e. The highest BCUT2D eigenvalue weighted by Gasteiger charge is 2.06. The highest BCUT2D eigenvalue weighted by molar-refractivity contribution is 5.92. The van der Waals surface area contributed by atoms with Gasteiger partial charge in [-0.25, -0.2) is 4.39 Å². The molecule has 3 aromatic rings. The highest BCUT2D eigenvalue weighted by atomic mass is 19.1. The molecule has 3 rings (SSSR count). The van der Waals surface area contributed by atoms with Crippen molar-refractivity contribution in [1.29, 1.82) is 0 Å². The van der Waals surface area contributed by atoms with Crippen LogP contribution in [0.5, 0.6) is 0 Å². The molecule has 0 radical (unpaired) electrons. The first-order chi connectivity index (χ1) is 10.7. The molecule has 0 fully saturated rings. The standard InChI is InChI=1S/C17H14FN3O/c18-14-5-1-3-12(9-14)10-17(22)20-15-6-2-4-13(11-15)16-7-8-19-21-16/h1-9,11H,10H2,(H,19,21)(H,20,22). The Labute approximate surface area is 127 Å². The Bertz CT molecular complexity index is 784. The topological polar surface area (TPSA) is 57.8 Å². The van der Waals surface area contributed by atoms with E-state index in [-0.39, 0.29) is 18.1 Å². The van der Waals surface area contributed by atoms with Crippen LogP contribution in [0.4, 0.5) is 10.1 Å². The molecule has 0 unspecified atom stereocenters. The van der Waals surface area contributed by atoms with E-state index in [0.717, 1.165) is 11.3 Å². The van der Waals surface area contributed by atoms with Crippen molar-refractivity contribution in [3.05, 3.63) is 72.2 Å². The van der Waals surface area contributed by atoms with Crippen molar-refractivity contribution in [2.75, 3.05) is 5.32 Å². The molecule has 0 aliphatic heterocycles. The highest BCUT2D eigenvalue weighted by Crippen LogP contribution is 2.20. The van der Waals surface area contributed by atoms with Crippen LogP contribution < -0.4 is 5.32 Å². The molecule has 0 aliphatic rings. The van der Waals surface area contributed by atoms with E-state index < -0.39 is 0 Å². The van der Waals surface area contributed by atoms with E-state index in [1.54, 1.807) is 18.3 Å². The molecule has 0 saturated heterocycles. The van der Waals surface area contributed by atoms with Gasteiger partial charge in [0.2, 0.25) is 5.91 Å². The summed E-state index contributed by atoms with van der Waals surface area (Å²) in [5.41, 5.74) is 3.14. The van der Waals surface area contributed by atoms with Gasteiger partial charge in [-0.15, -0.1) is 0 Å². The Morgan fingerprint density at radius 1 is 1.14 bits per heavy atom. The third kappa shape index (κ3) is 3.38. The molecule has 0 saturated carbocycles. The molecule has 0 bridgehead atoms. The number of halogens is 1. The molecular weight excluding hydrogens is 281 g/mol. The third-order valence-electron chi connectivity index (χ3n) is 3.21. The number of amides is 1. The third-order valence-corrected chi connectivity index (χ3v) is 3.21. The second kappa shape index (κ2) is 6.22. The molecule has 1 aromatic heterocycles. The Kier molecular flexibility index (Phi) is 3.96. The zero-order chi connectivity index (χ0) is 15.4. The maximum Gasteiger partial charge on any atom is 0.228 e. The molecule has 0 spiro atoms. The quantitative estimate of drug-likeness (QED) is 0.775. The summed E-state index contributed by atoms with van der Waals surface area (Å²) in [6.07, 6.45) is 1.80. The van der Waals surface area contributed by atoms with Crippen LogP contribution in [0.3, 0.4) is 0 Å². The lowest BCUT2D eigenvalue weighted by Gasteiger charge is -2.07. The van der Waals surface area contributed by atoms with Gasteiger partial charge in [-0.05, 0) is 35.9 Å². The Morgan fingerprint density at radius 3 is 2.77 bits per heavy atom. The van der Waals surface area contributed by atoms with Gasteiger partial charge in [-0.1, -0.05) is 24.3 Å². The zero-order valence-electron chi connectivity index (χ0n) is 11.7. The van der Waals surface area contributed by atoms with E-state index in [0.29, 0.717) is 11.3 Å². The van der Waals surface area contributed by atoms with Gasteiger partial charge >= 0.3 is 0 Å². The predicted octanol–water partition coefficient (Wildman–Crippen LogP) is 3.40. The average molecular weight is 295 g/mol. The molecule has 0 atom stereocenters. The lowest BCUT2D eigenvalue weighted by molar-refractivity contribution is -0.115. The number of carbonyl (C=O) groups excluding carboxylic acids is 1. The number of H-pyrrole nitrogens is 1. The predicted molar refractivity (Wildman–Crippen MR) is 82.8 cm³/mol. The molecule has 2 aromatic carbocycles. The van der Waals surface area contributed by atoms with Crippen LogP contribution in [-0.2, 0) is 11.2 Å². The minimum atomic E-state index is -0.341. The first-order valence-electron chi connectivity index (χ1n) is 6.85. The normalized spacial score (nSPS) is 10.4. The van der Waals surface area contributed by atoms with Gasteiger partial charge in [-0.3, -0.25) is 9.89 Å². The molecule has 22 heavy (non-hydrogen) atoms. The summed E-state index contributed by atoms with van der Waals surface area (Å²) in [5, 5.41) is 9.60. The first kappa shape index (κ1) is 14.0. The summed E-state index contributed by atoms with van der Waals surface area (Å²) in [7, 11) is 0. The summed E-state index contributed by atoms with van der Waals surface area (Å²) in [6, 6.07) is 15.3. The van der Waals surface area contributed by atoms with Crippen molar-refractivity contribution in [2.24, 2.45) is 0 Å². The van der Waals surface area contributed by atoms with Gasteiger partial charge in [0.05, 0.1) is 12.1 Å². The van der Waals surface area contributed by atoms with Crippen LogP contribution in [0.15, 0.2) is 60.8 Å². The zero-order valence-corrected chi connectivity index (χ0v) is 11.7. The van der Waals surface area contributed by atoms with Crippen LogP contribution in [-0.4, -0.2) is 16.1 Å². The molecule has 4 nitrogen and oxygen atoms in total. The van der Waals surface area contributed by atoms with Gasteiger partial charge in [-0.2, -0.15) is 5.10 Å². The number of carbonyl (C=O) groups is 1. The summed E-state index contributed by atoms with van der Waals surface area (Å²) >= 11 is 0. The second-order valence-electron chi connectivity index (χ2n) is 4.91. The van der Waals surface area contributed by atoms with Crippen molar-refractivity contribution in [3.63, 3.8) is 0 Å². The van der Waals surface area contributed by atoms with Crippen LogP contribution in [0.25, 0.3) is 11.3 Å². The number of nitrogens with zero attached hydrogens (tertiary/aromatic N) is 1. The van der Waals surface area contributed by atoms with Crippen molar-refractivity contribution in [2.45, 2.75) is 6.42 Å². The number of nitrogens with one attached hydrogen (secondary N) is 2. The summed E-state index contributed by atoms with van der Waals surface area (Å²) in [5.74, 6) is -0.529. The summed E-state index contributed by atoms with van der Waals surface area (Å²) in [6.45, 7) is 0. The van der Waals surface area contributed by atoms with Crippen molar-refractivity contribution in [1.82, 2.24) is 10.2 Å². The lowest BCUT2D eigenvalue weighted by Crippen LogP contribution is -2.14. The van der Waals surface area contributed by atoms with Crippen molar-refractivity contribution < 1.29 is 9.18 Å². The number of anilines is 1. The average Bonchev–Trinajstić information content (AvgIpc) is 3.01. The van der Waals surface area contributed by atoms with Gasteiger partial charge in [0.25, 0.3) is 0 Å². The van der Waals surface area contributed by atoms with Crippen LogP contribution in [0, 0.1) is 5.82 Å². The maximum atomic E-state index is 13.1. The monoisotopic (exact) mass is 295 g/mol. The molecular formula is C17H14FN3O. The second-order valence-corrected chi connectivity index (χ2v) is 4.91. The molecule has 110 valence electrons. The number of hydrogen-bond donors (Lipinski definition) is 2. The first-order valence-corrected chi connectivity index (χ1v) is 6.85. The van der Waals surface area contributed by atoms with Crippen LogP contribution >= 0.6 is 0 Å². The van der Waals surface area contributed by atoms with E-state index in [1.165, 1.54) is 12.1 Å². The SMILES string of the molecule is O=C(Cc1cccc(F)c1)Nc1cccc(-c2ccn[nH]2)c1. The number of benzene rings is 2. The molecule has 1 amide bonds. The van der Waals surface area contributed by atoms with E-state index in [9.17, 15) is 9.18 Å². The van der Waals surface area contributed by atoms with Crippen molar-refractivity contribution in [3.8, 4) is 11.3 Å². The summed E-state index contributed by atoms with van der Waals surface area (Å²) in [4.78, 5) is 12.0. The fraction of sp³-hybridized carbons (Fsp3) is 0.0588. The molecule has 2 N–H and O–H groups in total. The number of hydrogen-bond acceptors (Lipinski definition) is 2. The fourth-order valence-corrected chi connectivity index (χ4v) is 2.22. The van der Waals surface area contributed by atoms with Crippen LogP contribution in [0.2, 0.25) is 0 Å². The largest absolute Gasteiger partial charge is 0.326 e. The molecule has 5 heteroatoms. The number of aromatic nitrogens is 2. The molecule has 0 aliphatic carbocycles. The fourth-order valence-electron chi connectivity index (χ4n) is 2.22. The van der Waals surface area contributed by atoms with Gasteiger partial charge in [0, 0.05) is 17.4 Å². The Hall–Kier alpha value is -2.95. The van der Waals surface area contributed by atoms with E-state index in [1.807, 2.05) is 30.3 Å².